The summed E-state index contributed by atoms with van der Waals surface area (Å²) in [6.45, 7) is 4.03. The number of hydrogen-bond acceptors (Lipinski definition) is 6. The van der Waals surface area contributed by atoms with Crippen LogP contribution in [0.2, 0.25) is 0 Å². The fraction of sp³-hybridized carbons (Fsp3) is 0.400. The highest BCUT2D eigenvalue weighted by Crippen LogP contribution is 2.39. The summed E-state index contributed by atoms with van der Waals surface area (Å²) in [5.74, 6) is 2.29. The van der Waals surface area contributed by atoms with Gasteiger partial charge in [0.1, 0.15) is 28.6 Å². The number of rotatable bonds is 5. The second-order valence-electron chi connectivity index (χ2n) is 8.99. The van der Waals surface area contributed by atoms with Crippen molar-refractivity contribution in [3.05, 3.63) is 42.5 Å². The predicted molar refractivity (Wildman–Crippen MR) is 127 cm³/mol. The van der Waals surface area contributed by atoms with Gasteiger partial charge in [0.05, 0.1) is 30.3 Å². The summed E-state index contributed by atoms with van der Waals surface area (Å²) in [5.41, 5.74) is 9.71. The first kappa shape index (κ1) is 21.3. The fourth-order valence-corrected chi connectivity index (χ4v) is 4.92. The van der Waals surface area contributed by atoms with Crippen molar-refractivity contribution in [1.29, 1.82) is 0 Å². The second-order valence-corrected chi connectivity index (χ2v) is 8.99. The largest absolute Gasteiger partial charge is 0.489 e. The molecule has 0 aliphatic heterocycles. The molecule has 172 valence electrons. The minimum atomic E-state index is -0.118. The van der Waals surface area contributed by atoms with Gasteiger partial charge in [0.2, 0.25) is 0 Å². The zero-order valence-electron chi connectivity index (χ0n) is 19.2. The van der Waals surface area contributed by atoms with Crippen molar-refractivity contribution < 1.29 is 14.3 Å². The van der Waals surface area contributed by atoms with Crippen molar-refractivity contribution in [3.8, 4) is 17.1 Å². The quantitative estimate of drug-likeness (QED) is 0.430. The first-order chi connectivity index (χ1) is 16.0. The number of ether oxygens (including phenoxy) is 2. The van der Waals surface area contributed by atoms with Crippen LogP contribution in [0.15, 0.2) is 36.7 Å². The molecule has 0 radical (unpaired) electrons. The van der Waals surface area contributed by atoms with Crippen LogP contribution < -0.4 is 10.5 Å². The third-order valence-corrected chi connectivity index (χ3v) is 6.47. The molecular formula is C25H29N5O3. The summed E-state index contributed by atoms with van der Waals surface area (Å²) in [6.07, 6.45) is 7.04. The maximum absolute atomic E-state index is 12.0. The van der Waals surface area contributed by atoms with E-state index in [9.17, 15) is 4.79 Å². The third kappa shape index (κ3) is 3.79. The Kier molecular flexibility index (Phi) is 5.44. The number of nitrogen functional groups attached to an aromatic ring is 1. The van der Waals surface area contributed by atoms with E-state index in [4.69, 9.17) is 20.2 Å². The van der Waals surface area contributed by atoms with Crippen LogP contribution >= 0.6 is 0 Å². The molecule has 4 aromatic rings. The van der Waals surface area contributed by atoms with Gasteiger partial charge in [0.15, 0.2) is 0 Å². The van der Waals surface area contributed by atoms with E-state index in [0.717, 1.165) is 65.1 Å². The summed E-state index contributed by atoms with van der Waals surface area (Å²) in [6, 6.07) is 8.09. The second kappa shape index (κ2) is 8.42. The van der Waals surface area contributed by atoms with Crippen LogP contribution in [-0.4, -0.2) is 38.5 Å². The Morgan fingerprint density at radius 3 is 2.76 bits per heavy atom. The molecular weight excluding hydrogens is 418 g/mol. The number of aromatic amines is 1. The Balaban J connectivity index is 1.57. The molecule has 3 N–H and O–H groups in total. The van der Waals surface area contributed by atoms with Gasteiger partial charge in [-0.05, 0) is 51.7 Å². The van der Waals surface area contributed by atoms with Crippen molar-refractivity contribution in [2.45, 2.75) is 51.6 Å². The van der Waals surface area contributed by atoms with Crippen LogP contribution in [0.3, 0.4) is 0 Å². The number of hydrogen-bond donors (Lipinski definition) is 2. The first-order valence-corrected chi connectivity index (χ1v) is 11.4. The van der Waals surface area contributed by atoms with Gasteiger partial charge in [-0.3, -0.25) is 9.20 Å². The molecule has 0 unspecified atom stereocenters. The first-order valence-electron chi connectivity index (χ1n) is 11.4. The number of carbonyl (C=O) groups excluding carboxylic acids is 1. The van der Waals surface area contributed by atoms with Crippen molar-refractivity contribution in [1.82, 2.24) is 19.4 Å². The molecule has 1 fully saturated rings. The van der Waals surface area contributed by atoms with Crippen LogP contribution in [0.1, 0.15) is 51.3 Å². The molecule has 3 aromatic heterocycles. The Bertz CT molecular complexity index is 1310. The lowest BCUT2D eigenvalue weighted by Gasteiger charge is -2.26. The molecule has 1 aromatic carbocycles. The number of H-pyrrole nitrogens is 1. The van der Waals surface area contributed by atoms with Crippen molar-refractivity contribution in [2.24, 2.45) is 5.92 Å². The summed E-state index contributed by atoms with van der Waals surface area (Å²) >= 11 is 0. The summed E-state index contributed by atoms with van der Waals surface area (Å²) in [5, 5.41) is 1.05. The number of para-hydroxylation sites is 1. The van der Waals surface area contributed by atoms with Gasteiger partial charge in [0.25, 0.3) is 0 Å². The number of aromatic nitrogens is 4. The third-order valence-electron chi connectivity index (χ3n) is 6.47. The van der Waals surface area contributed by atoms with E-state index in [0.29, 0.717) is 5.82 Å². The summed E-state index contributed by atoms with van der Waals surface area (Å²) in [4.78, 5) is 24.9. The topological polar surface area (TPSA) is 108 Å². The fourth-order valence-electron chi connectivity index (χ4n) is 4.92. The van der Waals surface area contributed by atoms with Crippen molar-refractivity contribution in [3.63, 3.8) is 0 Å². The number of imidazole rings is 1. The van der Waals surface area contributed by atoms with Crippen LogP contribution in [0.5, 0.6) is 5.75 Å². The molecule has 0 amide bonds. The molecule has 0 atom stereocenters. The number of fused-ring (bicyclic) bond motifs is 2. The molecule has 3 heterocycles. The van der Waals surface area contributed by atoms with E-state index >= 15 is 0 Å². The SMILES string of the molecule is COC(=O)[C@H]1CC[C@H](c2nc(-c3cc4cccc(OC(C)C)c4[nH]3)c3c(N)nccn32)CC1. The number of carbonyl (C=O) groups is 1. The standard InChI is InChI=1S/C25H29N5O3/c1-14(2)33-19-6-4-5-17-13-18(28-20(17)19)21-22-23(26)27-11-12-30(22)24(29-21)15-7-9-16(10-8-15)25(31)32-3/h4-6,11-16,28H,7-10H2,1-3H3,(H2,26,27)/t15-,16-. The average Bonchev–Trinajstić information content (AvgIpc) is 3.41. The van der Waals surface area contributed by atoms with Gasteiger partial charge in [-0.15, -0.1) is 0 Å². The molecule has 1 aliphatic rings. The number of anilines is 1. The zero-order chi connectivity index (χ0) is 23.1. The maximum Gasteiger partial charge on any atom is 0.308 e. The summed E-state index contributed by atoms with van der Waals surface area (Å²) < 4.78 is 13.0. The van der Waals surface area contributed by atoms with Gasteiger partial charge >= 0.3 is 5.97 Å². The Labute approximate surface area is 192 Å². The molecule has 33 heavy (non-hydrogen) atoms. The van der Waals surface area contributed by atoms with Gasteiger partial charge in [0, 0.05) is 23.7 Å². The van der Waals surface area contributed by atoms with Crippen molar-refractivity contribution in [2.75, 3.05) is 12.8 Å². The van der Waals surface area contributed by atoms with Gasteiger partial charge in [-0.1, -0.05) is 12.1 Å². The van der Waals surface area contributed by atoms with Gasteiger partial charge in [-0.25, -0.2) is 9.97 Å². The lowest BCUT2D eigenvalue weighted by Crippen LogP contribution is -2.23. The molecule has 1 saturated carbocycles. The molecule has 5 rings (SSSR count). The average molecular weight is 448 g/mol. The van der Waals surface area contributed by atoms with Crippen LogP contribution in [0.25, 0.3) is 27.8 Å². The number of benzene rings is 1. The molecule has 0 bridgehead atoms. The predicted octanol–water partition coefficient (Wildman–Crippen LogP) is 4.69. The highest BCUT2D eigenvalue weighted by atomic mass is 16.5. The van der Waals surface area contributed by atoms with Gasteiger partial charge < -0.3 is 20.2 Å². The van der Waals surface area contributed by atoms with E-state index in [1.54, 1.807) is 6.20 Å². The van der Waals surface area contributed by atoms with Crippen LogP contribution in [0, 0.1) is 5.92 Å². The van der Waals surface area contributed by atoms with E-state index in [2.05, 4.69) is 26.5 Å². The minimum Gasteiger partial charge on any atom is -0.489 e. The smallest absolute Gasteiger partial charge is 0.308 e. The molecule has 0 saturated heterocycles. The molecule has 1 aliphatic carbocycles. The summed E-state index contributed by atoms with van der Waals surface area (Å²) in [7, 11) is 1.45. The van der Waals surface area contributed by atoms with Crippen LogP contribution in [-0.2, 0) is 9.53 Å². The molecule has 8 heteroatoms. The highest BCUT2D eigenvalue weighted by molar-refractivity contribution is 5.93. The lowest BCUT2D eigenvalue weighted by atomic mass is 9.81. The van der Waals surface area contributed by atoms with Crippen LogP contribution in [0.4, 0.5) is 5.82 Å². The number of methoxy groups -OCH3 is 1. The van der Waals surface area contributed by atoms with E-state index in [-0.39, 0.29) is 23.9 Å². The maximum atomic E-state index is 12.0. The van der Waals surface area contributed by atoms with Crippen molar-refractivity contribution >= 4 is 28.2 Å². The molecule has 8 nitrogen and oxygen atoms in total. The van der Waals surface area contributed by atoms with E-state index in [1.807, 2.05) is 32.2 Å². The zero-order valence-corrected chi connectivity index (χ0v) is 19.2. The number of esters is 1. The molecule has 0 spiro atoms. The van der Waals surface area contributed by atoms with Gasteiger partial charge in [-0.2, -0.15) is 0 Å². The van der Waals surface area contributed by atoms with E-state index < -0.39 is 0 Å². The normalized spacial score (nSPS) is 18.8. The Morgan fingerprint density at radius 2 is 2.03 bits per heavy atom. The monoisotopic (exact) mass is 447 g/mol. The number of nitrogens with two attached hydrogens (primary N) is 1. The minimum absolute atomic E-state index is 0.0308. The Hall–Kier alpha value is -3.55. The van der Waals surface area contributed by atoms with E-state index in [1.165, 1.54) is 7.11 Å². The number of nitrogens with zero attached hydrogens (tertiary/aromatic N) is 3. The number of nitrogens with one attached hydrogen (secondary N) is 1. The Morgan fingerprint density at radius 1 is 1.24 bits per heavy atom. The highest BCUT2D eigenvalue weighted by Gasteiger charge is 2.31. The lowest BCUT2D eigenvalue weighted by molar-refractivity contribution is -0.146.